The first-order valence-electron chi connectivity index (χ1n) is 13.1. The lowest BCUT2D eigenvalue weighted by atomic mass is 9.83. The highest BCUT2D eigenvalue weighted by Gasteiger charge is 2.49. The zero-order chi connectivity index (χ0) is 25.2. The van der Waals surface area contributed by atoms with Crippen molar-refractivity contribution < 1.29 is 23.2 Å². The number of fused-ring (bicyclic) bond motifs is 6. The highest BCUT2D eigenvalue weighted by molar-refractivity contribution is 5.81. The van der Waals surface area contributed by atoms with Crippen molar-refractivity contribution in [2.45, 2.75) is 38.0 Å². The Bertz CT molecular complexity index is 1440. The van der Waals surface area contributed by atoms with E-state index in [0.29, 0.717) is 29.5 Å². The lowest BCUT2D eigenvalue weighted by Crippen LogP contribution is -2.64. The predicted octanol–water partition coefficient (Wildman–Crippen LogP) is 5.57. The second kappa shape index (κ2) is 8.27. The van der Waals surface area contributed by atoms with Crippen LogP contribution in [0.5, 0.6) is 5.75 Å². The van der Waals surface area contributed by atoms with Gasteiger partial charge in [-0.1, -0.05) is 59.8 Å². The molecule has 0 radical (unpaired) electrons. The molecule has 3 saturated heterocycles. The van der Waals surface area contributed by atoms with Crippen molar-refractivity contribution in [3.05, 3.63) is 107 Å². The first-order valence-corrected chi connectivity index (χ1v) is 13.1. The number of hydrogen-bond acceptors (Lipinski definition) is 4. The number of aromatic nitrogens is 1. The molecule has 0 amide bonds. The number of aliphatic hydroxyl groups is 1. The fourth-order valence-corrected chi connectivity index (χ4v) is 6.78. The summed E-state index contributed by atoms with van der Waals surface area (Å²) in [6.07, 6.45) is 2.19. The molecular weight excluding hydrogens is 467 g/mol. The van der Waals surface area contributed by atoms with Gasteiger partial charge in [0.1, 0.15) is 30.4 Å². The SMILES string of the molecule is Cc1ccc(O[C@H]2C[N+]3(Cc4cc(C5(O)c6ccccc6-c6ccccc65)no4)CCC2CC3)cc1F. The second-order valence-electron chi connectivity index (χ2n) is 11.0. The summed E-state index contributed by atoms with van der Waals surface area (Å²) in [6.45, 7) is 5.42. The number of hydrogen-bond donors (Lipinski definition) is 1. The van der Waals surface area contributed by atoms with E-state index in [1.807, 2.05) is 60.7 Å². The van der Waals surface area contributed by atoms with E-state index in [0.717, 1.165) is 65.0 Å². The maximum absolute atomic E-state index is 14.1. The van der Waals surface area contributed by atoms with Gasteiger partial charge < -0.3 is 18.8 Å². The summed E-state index contributed by atoms with van der Waals surface area (Å²) in [7, 11) is 0. The molecule has 37 heavy (non-hydrogen) atoms. The molecule has 0 spiro atoms. The first-order chi connectivity index (χ1) is 18.0. The Morgan fingerprint density at radius 3 is 2.35 bits per heavy atom. The van der Waals surface area contributed by atoms with E-state index in [2.05, 4.69) is 5.16 Å². The second-order valence-corrected chi connectivity index (χ2v) is 11.0. The normalized spacial score (nSPS) is 25.1. The Morgan fingerprint density at radius 2 is 1.68 bits per heavy atom. The number of rotatable bonds is 5. The number of halogens is 1. The molecule has 5 nitrogen and oxygen atoms in total. The summed E-state index contributed by atoms with van der Waals surface area (Å²) in [5, 5.41) is 16.5. The highest BCUT2D eigenvalue weighted by Crippen LogP contribution is 2.50. The molecule has 6 heteroatoms. The molecule has 3 fully saturated rings. The van der Waals surface area contributed by atoms with Crippen molar-refractivity contribution in [3.63, 3.8) is 0 Å². The van der Waals surface area contributed by atoms with Gasteiger partial charge in [0.2, 0.25) is 0 Å². The summed E-state index contributed by atoms with van der Waals surface area (Å²) in [5.41, 5.74) is 3.52. The van der Waals surface area contributed by atoms with Gasteiger partial charge in [0, 0.05) is 42.0 Å². The molecule has 0 saturated carbocycles. The molecule has 4 heterocycles. The van der Waals surface area contributed by atoms with Crippen LogP contribution in [0, 0.1) is 18.7 Å². The molecule has 1 N–H and O–H groups in total. The smallest absolute Gasteiger partial charge is 0.191 e. The molecule has 1 aromatic heterocycles. The average molecular weight is 498 g/mol. The first kappa shape index (κ1) is 22.7. The number of benzene rings is 3. The Balaban J connectivity index is 1.16. The van der Waals surface area contributed by atoms with Gasteiger partial charge >= 0.3 is 0 Å². The van der Waals surface area contributed by atoms with Crippen LogP contribution in [-0.2, 0) is 12.1 Å². The Hall–Kier alpha value is -3.48. The summed E-state index contributed by atoms with van der Waals surface area (Å²) in [5.74, 6) is 1.63. The molecule has 4 aromatic rings. The van der Waals surface area contributed by atoms with Gasteiger partial charge in [0.05, 0.1) is 13.1 Å². The van der Waals surface area contributed by atoms with E-state index in [-0.39, 0.29) is 11.9 Å². The quantitative estimate of drug-likeness (QED) is 0.366. The number of nitrogens with zero attached hydrogens (tertiary/aromatic N) is 2. The molecule has 1 atom stereocenters. The van der Waals surface area contributed by atoms with E-state index in [9.17, 15) is 9.50 Å². The monoisotopic (exact) mass is 497 g/mol. The Kier molecular flexibility index (Phi) is 5.07. The molecule has 2 bridgehead atoms. The molecule has 4 aliphatic rings. The van der Waals surface area contributed by atoms with Crippen LogP contribution < -0.4 is 4.74 Å². The van der Waals surface area contributed by atoms with Crippen molar-refractivity contribution in [1.29, 1.82) is 0 Å². The van der Waals surface area contributed by atoms with Crippen LogP contribution >= 0.6 is 0 Å². The van der Waals surface area contributed by atoms with E-state index in [1.165, 1.54) is 6.07 Å². The fraction of sp³-hybridized carbons (Fsp3) is 0.323. The van der Waals surface area contributed by atoms with E-state index in [1.54, 1.807) is 13.0 Å². The minimum absolute atomic E-state index is 0.0461. The summed E-state index contributed by atoms with van der Waals surface area (Å²) >= 11 is 0. The summed E-state index contributed by atoms with van der Waals surface area (Å²) in [4.78, 5) is 0. The van der Waals surface area contributed by atoms with Crippen LogP contribution in [0.3, 0.4) is 0 Å². The molecule has 1 aliphatic carbocycles. The van der Waals surface area contributed by atoms with Crippen LogP contribution in [0.15, 0.2) is 77.3 Å². The van der Waals surface area contributed by atoms with Gasteiger partial charge in [-0.3, -0.25) is 0 Å². The molecule has 8 rings (SSSR count). The summed E-state index contributed by atoms with van der Waals surface area (Å²) in [6, 6.07) is 23.0. The number of quaternary nitrogens is 1. The van der Waals surface area contributed by atoms with Gasteiger partial charge in [0.25, 0.3) is 0 Å². The van der Waals surface area contributed by atoms with Crippen LogP contribution in [0.2, 0.25) is 0 Å². The molecule has 0 unspecified atom stereocenters. The Morgan fingerprint density at radius 1 is 1.00 bits per heavy atom. The van der Waals surface area contributed by atoms with Gasteiger partial charge in [-0.25, -0.2) is 4.39 Å². The molecular formula is C31H30FN2O3+. The van der Waals surface area contributed by atoms with Crippen LogP contribution in [0.1, 0.15) is 41.0 Å². The molecule has 188 valence electrons. The zero-order valence-electron chi connectivity index (χ0n) is 20.9. The standard InChI is InChI=1S/C31H30FN2O3/c1-20-10-11-22(16-28(20)32)36-29-19-34(14-12-21(29)13-15-34)18-23-17-30(33-37-23)31(35)26-8-4-2-6-24(26)25-7-3-5-9-27(25)31/h2-11,16-17,21,29,35H,12-15,18-19H2,1H3/q+1/t21?,29-,34?/m0/s1. The van der Waals surface area contributed by atoms with Crippen molar-refractivity contribution in [2.24, 2.45) is 5.92 Å². The lowest BCUT2D eigenvalue weighted by molar-refractivity contribution is -0.959. The van der Waals surface area contributed by atoms with E-state index >= 15 is 0 Å². The lowest BCUT2D eigenvalue weighted by Gasteiger charge is -2.51. The third-order valence-corrected chi connectivity index (χ3v) is 8.82. The van der Waals surface area contributed by atoms with Crippen molar-refractivity contribution in [3.8, 4) is 16.9 Å². The predicted molar refractivity (Wildman–Crippen MR) is 137 cm³/mol. The largest absolute Gasteiger partial charge is 0.484 e. The maximum atomic E-state index is 14.1. The minimum Gasteiger partial charge on any atom is -0.484 e. The Labute approximate surface area is 215 Å². The fourth-order valence-electron chi connectivity index (χ4n) is 6.78. The van der Waals surface area contributed by atoms with Crippen molar-refractivity contribution in [1.82, 2.24) is 5.16 Å². The zero-order valence-corrected chi connectivity index (χ0v) is 20.9. The van der Waals surface area contributed by atoms with Crippen LogP contribution in [0.4, 0.5) is 4.39 Å². The topological polar surface area (TPSA) is 55.5 Å². The average Bonchev–Trinajstić information content (AvgIpc) is 3.49. The number of piperidine rings is 3. The van der Waals surface area contributed by atoms with Crippen molar-refractivity contribution in [2.75, 3.05) is 19.6 Å². The third kappa shape index (κ3) is 3.54. The highest BCUT2D eigenvalue weighted by atomic mass is 19.1. The number of aryl methyl sites for hydroxylation is 1. The van der Waals surface area contributed by atoms with Gasteiger partial charge in [0.15, 0.2) is 17.5 Å². The van der Waals surface area contributed by atoms with Gasteiger partial charge in [-0.2, -0.15) is 0 Å². The van der Waals surface area contributed by atoms with E-state index < -0.39 is 5.60 Å². The van der Waals surface area contributed by atoms with E-state index in [4.69, 9.17) is 9.26 Å². The van der Waals surface area contributed by atoms with Crippen LogP contribution in [-0.4, -0.2) is 40.5 Å². The number of ether oxygens (including phenoxy) is 1. The van der Waals surface area contributed by atoms with Crippen molar-refractivity contribution >= 4 is 0 Å². The molecule has 3 aliphatic heterocycles. The van der Waals surface area contributed by atoms with Crippen LogP contribution in [0.25, 0.3) is 11.1 Å². The summed E-state index contributed by atoms with van der Waals surface area (Å²) < 4.78 is 27.2. The maximum Gasteiger partial charge on any atom is 0.191 e. The van der Waals surface area contributed by atoms with Gasteiger partial charge in [-0.15, -0.1) is 0 Å². The minimum atomic E-state index is -1.34. The van der Waals surface area contributed by atoms with Gasteiger partial charge in [-0.05, 0) is 29.7 Å². The molecule has 3 aromatic carbocycles. The third-order valence-electron chi connectivity index (χ3n) is 8.82.